The maximum atomic E-state index is 6.79. The highest BCUT2D eigenvalue weighted by Gasteiger charge is 2.43. The molecule has 1 aliphatic heterocycles. The van der Waals surface area contributed by atoms with Crippen LogP contribution in [0.1, 0.15) is 0 Å². The third kappa shape index (κ3) is 29.9. The summed E-state index contributed by atoms with van der Waals surface area (Å²) in [6.45, 7) is 2.69. The SMILES string of the molecule is CSCCSCCOP1(OCCSCCSC)=NP(OCCSCCSC)(OCCSCCSC)=NP(OCCSCCSC)(OCCSCCSC)=N1. The van der Waals surface area contributed by atoms with E-state index in [4.69, 9.17) is 40.7 Å². The first-order chi connectivity index (χ1) is 26.5. The van der Waals surface area contributed by atoms with Gasteiger partial charge in [-0.2, -0.15) is 141 Å². The van der Waals surface area contributed by atoms with Gasteiger partial charge in [0.1, 0.15) is 0 Å². The maximum Gasteiger partial charge on any atom is 0.349 e. The highest BCUT2D eigenvalue weighted by atomic mass is 32.2. The summed E-state index contributed by atoms with van der Waals surface area (Å²) in [7, 11) is -10.00. The lowest BCUT2D eigenvalue weighted by Crippen LogP contribution is -2.10. The lowest BCUT2D eigenvalue weighted by molar-refractivity contribution is 0.237. The fourth-order valence-electron chi connectivity index (χ4n) is 3.66. The summed E-state index contributed by atoms with van der Waals surface area (Å²) < 4.78 is 56.6. The molecule has 24 heteroatoms. The Morgan fingerprint density at radius 1 is 0.259 bits per heavy atom. The molecule has 0 atom stereocenters. The minimum atomic E-state index is -3.33. The second-order valence-corrected chi connectivity index (χ2v) is 30.3. The largest absolute Gasteiger partial charge is 0.349 e. The van der Waals surface area contributed by atoms with Crippen molar-refractivity contribution in [3.63, 3.8) is 0 Å². The van der Waals surface area contributed by atoms with E-state index in [9.17, 15) is 0 Å². The van der Waals surface area contributed by atoms with Gasteiger partial charge in [-0.05, 0) is 37.5 Å². The second kappa shape index (κ2) is 40.4. The molecule has 0 aromatic carbocycles. The van der Waals surface area contributed by atoms with Crippen molar-refractivity contribution in [3.05, 3.63) is 0 Å². The zero-order chi connectivity index (χ0) is 39.3. The van der Waals surface area contributed by atoms with E-state index >= 15 is 0 Å². The second-order valence-electron chi connectivity index (χ2n) is 10.4. The molecule has 0 spiro atoms. The van der Waals surface area contributed by atoms with Crippen molar-refractivity contribution >= 4 is 164 Å². The van der Waals surface area contributed by atoms with E-state index < -0.39 is 23.0 Å². The highest BCUT2D eigenvalue weighted by Crippen LogP contribution is 2.80. The topological polar surface area (TPSA) is 92.5 Å². The lowest BCUT2D eigenvalue weighted by Gasteiger charge is -2.33. The fraction of sp³-hybridized carbons (Fsp3) is 1.00. The molecule has 0 aromatic heterocycles. The van der Waals surface area contributed by atoms with E-state index in [0.717, 1.165) is 104 Å². The van der Waals surface area contributed by atoms with Crippen LogP contribution in [0.4, 0.5) is 0 Å². The van der Waals surface area contributed by atoms with Gasteiger partial charge in [0.15, 0.2) is 0 Å². The molecule has 0 bridgehead atoms. The van der Waals surface area contributed by atoms with Crippen LogP contribution in [-0.4, -0.2) is 181 Å². The molecular formula is C30H66N3O6P3S12. The quantitative estimate of drug-likeness (QED) is 0.0428. The summed E-state index contributed by atoms with van der Waals surface area (Å²) in [4.78, 5) is 0. The van der Waals surface area contributed by atoms with Crippen molar-refractivity contribution in [1.82, 2.24) is 0 Å². The summed E-state index contributed by atoms with van der Waals surface area (Å²) in [5, 5.41) is 0. The molecule has 54 heavy (non-hydrogen) atoms. The van der Waals surface area contributed by atoms with Gasteiger partial charge in [0.05, 0.1) is 39.6 Å². The van der Waals surface area contributed by atoms with Crippen LogP contribution in [0.25, 0.3) is 0 Å². The Labute approximate surface area is 381 Å². The van der Waals surface area contributed by atoms with Gasteiger partial charge >= 0.3 is 23.0 Å². The van der Waals surface area contributed by atoms with Gasteiger partial charge in [-0.25, -0.2) is 0 Å². The van der Waals surface area contributed by atoms with E-state index in [1.165, 1.54) is 0 Å². The van der Waals surface area contributed by atoms with Crippen LogP contribution in [0.15, 0.2) is 13.5 Å². The fourth-order valence-corrected chi connectivity index (χ4v) is 23.2. The van der Waals surface area contributed by atoms with Crippen LogP contribution in [0.3, 0.4) is 0 Å². The molecule has 0 amide bonds. The van der Waals surface area contributed by atoms with Crippen molar-refractivity contribution < 1.29 is 27.1 Å². The predicted molar refractivity (Wildman–Crippen MR) is 278 cm³/mol. The first-order valence-corrected chi connectivity index (χ1v) is 37.6. The van der Waals surface area contributed by atoms with E-state index in [-0.39, 0.29) is 0 Å². The van der Waals surface area contributed by atoms with E-state index in [2.05, 4.69) is 37.5 Å². The third-order valence-corrected chi connectivity index (χ3v) is 25.6. The number of nitrogens with zero attached hydrogens (tertiary/aromatic N) is 3. The summed E-state index contributed by atoms with van der Waals surface area (Å²) in [6.07, 6.45) is 12.9. The minimum absolute atomic E-state index is 0.448. The standard InChI is InChI=1S/C30H66N3O6P3S12/c1-43-19-25-49-13-7-34-40(35-8-14-50-26-20-44-2)31-41(36-9-15-51-27-21-45-3,37-10-16-52-28-22-46-4)33-42(32-40,38-11-17-53-29-23-47-5)39-12-18-54-30-24-48-6/h7-30H2,1-6H3. The first kappa shape index (κ1) is 56.7. The van der Waals surface area contributed by atoms with Crippen LogP contribution in [0.2, 0.25) is 0 Å². The molecule has 0 radical (unpaired) electrons. The zero-order valence-electron chi connectivity index (χ0n) is 33.0. The Bertz CT molecular complexity index is 852. The summed E-state index contributed by atoms with van der Waals surface area (Å²) in [6, 6.07) is 0. The van der Waals surface area contributed by atoms with Crippen molar-refractivity contribution in [2.45, 2.75) is 0 Å². The number of thioether (sulfide) groups is 12. The van der Waals surface area contributed by atoms with Gasteiger partial charge in [-0.15, -0.1) is 13.5 Å². The van der Waals surface area contributed by atoms with Crippen LogP contribution in [-0.2, 0) is 27.1 Å². The van der Waals surface area contributed by atoms with E-state index in [1.807, 2.05) is 141 Å². The Morgan fingerprint density at radius 2 is 0.426 bits per heavy atom. The average molecular weight is 1040 g/mol. The molecule has 0 fully saturated rings. The van der Waals surface area contributed by atoms with Crippen molar-refractivity contribution in [2.24, 2.45) is 13.5 Å². The summed E-state index contributed by atoms with van der Waals surface area (Å²) >= 11 is 22.4. The lowest BCUT2D eigenvalue weighted by atomic mass is 10.9. The third-order valence-electron chi connectivity index (χ3n) is 6.19. The first-order valence-electron chi connectivity index (χ1n) is 17.7. The Hall–Kier alpha value is 4.65. The van der Waals surface area contributed by atoms with Crippen LogP contribution in [0.5, 0.6) is 0 Å². The number of hydrogen-bond acceptors (Lipinski definition) is 21. The molecule has 1 aliphatic rings. The van der Waals surface area contributed by atoms with Gasteiger partial charge in [-0.3, -0.25) is 0 Å². The van der Waals surface area contributed by atoms with Gasteiger partial charge in [0, 0.05) is 104 Å². The summed E-state index contributed by atoms with van der Waals surface area (Å²) in [5.74, 6) is 17.8. The molecule has 0 N–H and O–H groups in total. The molecule has 1 heterocycles. The van der Waals surface area contributed by atoms with Gasteiger partial charge in [0.2, 0.25) is 0 Å². The molecule has 9 nitrogen and oxygen atoms in total. The molecule has 0 aromatic rings. The van der Waals surface area contributed by atoms with E-state index in [0.29, 0.717) is 39.6 Å². The normalized spacial score (nSPS) is 15.9. The zero-order valence-corrected chi connectivity index (χ0v) is 45.5. The van der Waals surface area contributed by atoms with Gasteiger partial charge in [0.25, 0.3) is 0 Å². The maximum absolute atomic E-state index is 6.79. The Kier molecular flexibility index (Phi) is 42.4. The Morgan fingerprint density at radius 3 is 0.574 bits per heavy atom. The molecule has 0 aliphatic carbocycles. The predicted octanol–water partition coefficient (Wildman–Crippen LogP) is 12.5. The van der Waals surface area contributed by atoms with Crippen molar-refractivity contribution in [2.75, 3.05) is 181 Å². The van der Waals surface area contributed by atoms with Gasteiger partial charge in [-0.1, -0.05) is 0 Å². The average Bonchev–Trinajstić information content (AvgIpc) is 3.17. The van der Waals surface area contributed by atoms with Crippen LogP contribution >= 0.6 is 164 Å². The molecule has 0 saturated heterocycles. The van der Waals surface area contributed by atoms with Crippen molar-refractivity contribution in [1.29, 1.82) is 0 Å². The van der Waals surface area contributed by atoms with Crippen LogP contribution in [0, 0.1) is 0 Å². The molecule has 0 saturated carbocycles. The number of hydrogen-bond donors (Lipinski definition) is 0. The van der Waals surface area contributed by atoms with Crippen LogP contribution < -0.4 is 0 Å². The molecular weight excluding hydrogens is 976 g/mol. The summed E-state index contributed by atoms with van der Waals surface area (Å²) in [5.41, 5.74) is 0. The molecule has 1 rings (SSSR count). The molecule has 324 valence electrons. The number of rotatable bonds is 42. The van der Waals surface area contributed by atoms with Crippen molar-refractivity contribution in [3.8, 4) is 0 Å². The Balaban J connectivity index is 3.71. The smallest absolute Gasteiger partial charge is 0.305 e. The molecule has 0 unspecified atom stereocenters. The minimum Gasteiger partial charge on any atom is -0.305 e. The highest BCUT2D eigenvalue weighted by molar-refractivity contribution is 8.04. The van der Waals surface area contributed by atoms with Gasteiger partial charge < -0.3 is 27.1 Å². The monoisotopic (exact) mass is 1040 g/mol. The van der Waals surface area contributed by atoms with E-state index in [1.54, 1.807) is 0 Å².